The maximum Gasteiger partial charge on any atom is 0.258 e. The van der Waals surface area contributed by atoms with E-state index in [1.165, 1.54) is 0 Å². The third-order valence-electron chi connectivity index (χ3n) is 3.50. The first kappa shape index (κ1) is 14.1. The Labute approximate surface area is 119 Å². The molecule has 2 aromatic rings. The molecule has 0 heterocycles. The fraction of sp³-hybridized carbons (Fsp3) is 0.235. The second-order valence-corrected chi connectivity index (χ2v) is 4.79. The van der Waals surface area contributed by atoms with E-state index in [4.69, 9.17) is 0 Å². The quantitative estimate of drug-likeness (QED) is 0.923. The van der Waals surface area contributed by atoms with Gasteiger partial charge in [0.05, 0.1) is 0 Å². The fourth-order valence-electron chi connectivity index (χ4n) is 2.29. The number of nitrogens with zero attached hydrogens (tertiary/aromatic N) is 1. The van der Waals surface area contributed by atoms with E-state index >= 15 is 0 Å². The summed E-state index contributed by atoms with van der Waals surface area (Å²) in [6, 6.07) is 12.8. The average molecular weight is 269 g/mol. The largest absolute Gasteiger partial charge is 0.508 e. The van der Waals surface area contributed by atoms with Crippen molar-refractivity contribution in [3.8, 4) is 5.75 Å². The second kappa shape index (κ2) is 5.78. The summed E-state index contributed by atoms with van der Waals surface area (Å²) < 4.78 is 0. The van der Waals surface area contributed by atoms with Crippen LogP contribution in [0.4, 0.5) is 5.69 Å². The van der Waals surface area contributed by atoms with Crippen LogP contribution in [0.1, 0.15) is 28.4 Å². The Balaban J connectivity index is 2.45. The molecule has 20 heavy (non-hydrogen) atoms. The predicted octanol–water partition coefficient (Wildman–Crippen LogP) is 3.68. The van der Waals surface area contributed by atoms with Crippen molar-refractivity contribution in [2.75, 3.05) is 11.4 Å². The Bertz CT molecular complexity index is 635. The number of hydrogen-bond acceptors (Lipinski definition) is 2. The molecular formula is C17H19NO2. The molecule has 0 unspecified atom stereocenters. The predicted molar refractivity (Wildman–Crippen MR) is 81.4 cm³/mol. The lowest BCUT2D eigenvalue weighted by Crippen LogP contribution is -2.31. The lowest BCUT2D eigenvalue weighted by Gasteiger charge is -2.24. The van der Waals surface area contributed by atoms with E-state index in [0.29, 0.717) is 17.7 Å². The van der Waals surface area contributed by atoms with Crippen molar-refractivity contribution in [1.29, 1.82) is 0 Å². The fourth-order valence-corrected chi connectivity index (χ4v) is 2.29. The number of aryl methyl sites for hydroxylation is 1. The molecule has 0 aliphatic rings. The Morgan fingerprint density at radius 1 is 1.10 bits per heavy atom. The molecule has 0 saturated heterocycles. The summed E-state index contributed by atoms with van der Waals surface area (Å²) in [5, 5.41) is 9.76. The SMILES string of the molecule is CCN(C(=O)c1cccc(O)c1C)c1ccccc1C. The number of para-hydroxylation sites is 1. The zero-order valence-corrected chi connectivity index (χ0v) is 12.1. The van der Waals surface area contributed by atoms with Crippen molar-refractivity contribution < 1.29 is 9.90 Å². The van der Waals surface area contributed by atoms with Crippen LogP contribution in [0.15, 0.2) is 42.5 Å². The molecule has 3 nitrogen and oxygen atoms in total. The third kappa shape index (κ3) is 2.52. The van der Waals surface area contributed by atoms with Crippen LogP contribution in [0, 0.1) is 13.8 Å². The molecule has 0 fully saturated rings. The van der Waals surface area contributed by atoms with Crippen LogP contribution in [-0.2, 0) is 0 Å². The first-order chi connectivity index (χ1) is 9.56. The van der Waals surface area contributed by atoms with Crippen LogP contribution in [0.2, 0.25) is 0 Å². The number of phenols is 1. The smallest absolute Gasteiger partial charge is 0.258 e. The highest BCUT2D eigenvalue weighted by Crippen LogP contribution is 2.25. The van der Waals surface area contributed by atoms with Crippen molar-refractivity contribution in [2.24, 2.45) is 0 Å². The van der Waals surface area contributed by atoms with Gasteiger partial charge in [0.2, 0.25) is 0 Å². The Morgan fingerprint density at radius 3 is 2.45 bits per heavy atom. The summed E-state index contributed by atoms with van der Waals surface area (Å²) in [5.74, 6) is 0.0619. The Morgan fingerprint density at radius 2 is 1.80 bits per heavy atom. The molecule has 3 heteroatoms. The molecule has 0 aromatic heterocycles. The maximum absolute atomic E-state index is 12.7. The van der Waals surface area contributed by atoms with E-state index in [1.54, 1.807) is 30.0 Å². The highest BCUT2D eigenvalue weighted by molar-refractivity contribution is 6.07. The molecule has 1 N–H and O–H groups in total. The first-order valence-corrected chi connectivity index (χ1v) is 6.72. The van der Waals surface area contributed by atoms with Crippen LogP contribution in [0.25, 0.3) is 0 Å². The third-order valence-corrected chi connectivity index (χ3v) is 3.50. The van der Waals surface area contributed by atoms with E-state index in [0.717, 1.165) is 11.3 Å². The first-order valence-electron chi connectivity index (χ1n) is 6.72. The number of phenolic OH excluding ortho intramolecular Hbond substituents is 1. The monoisotopic (exact) mass is 269 g/mol. The molecule has 1 amide bonds. The molecule has 104 valence electrons. The second-order valence-electron chi connectivity index (χ2n) is 4.79. The molecule has 0 aliphatic carbocycles. The molecule has 0 saturated carbocycles. The van der Waals surface area contributed by atoms with Crippen molar-refractivity contribution in [3.63, 3.8) is 0 Å². The molecular weight excluding hydrogens is 250 g/mol. The van der Waals surface area contributed by atoms with Gasteiger partial charge in [0.1, 0.15) is 5.75 Å². The van der Waals surface area contributed by atoms with Gasteiger partial charge in [-0.15, -0.1) is 0 Å². The number of carbonyl (C=O) groups excluding carboxylic acids is 1. The topological polar surface area (TPSA) is 40.5 Å². The molecule has 0 atom stereocenters. The normalized spacial score (nSPS) is 10.3. The number of rotatable bonds is 3. The number of amides is 1. The summed E-state index contributed by atoms with van der Waals surface area (Å²) in [6.45, 7) is 6.27. The number of benzene rings is 2. The molecule has 2 aromatic carbocycles. The number of hydrogen-bond donors (Lipinski definition) is 1. The van der Waals surface area contributed by atoms with E-state index in [9.17, 15) is 9.90 Å². The van der Waals surface area contributed by atoms with Crippen molar-refractivity contribution >= 4 is 11.6 Å². The van der Waals surface area contributed by atoms with E-state index in [1.807, 2.05) is 38.1 Å². The summed E-state index contributed by atoms with van der Waals surface area (Å²) in [7, 11) is 0. The highest BCUT2D eigenvalue weighted by atomic mass is 16.3. The maximum atomic E-state index is 12.7. The minimum absolute atomic E-state index is 0.0878. The van der Waals surface area contributed by atoms with Gasteiger partial charge in [-0.2, -0.15) is 0 Å². The molecule has 0 spiro atoms. The van der Waals surface area contributed by atoms with Crippen LogP contribution >= 0.6 is 0 Å². The zero-order chi connectivity index (χ0) is 14.7. The van der Waals surface area contributed by atoms with Crippen molar-refractivity contribution in [2.45, 2.75) is 20.8 Å². The number of aromatic hydroxyl groups is 1. The Hall–Kier alpha value is -2.29. The number of anilines is 1. The van der Waals surface area contributed by atoms with Gasteiger partial charge in [0, 0.05) is 23.4 Å². The van der Waals surface area contributed by atoms with Crippen LogP contribution in [0.3, 0.4) is 0 Å². The summed E-state index contributed by atoms with van der Waals surface area (Å²) >= 11 is 0. The van der Waals surface area contributed by atoms with Crippen LogP contribution < -0.4 is 4.90 Å². The van der Waals surface area contributed by atoms with Crippen LogP contribution in [0.5, 0.6) is 5.75 Å². The van der Waals surface area contributed by atoms with Gasteiger partial charge in [0.15, 0.2) is 0 Å². The molecule has 2 rings (SSSR count). The lowest BCUT2D eigenvalue weighted by atomic mass is 10.1. The van der Waals surface area contributed by atoms with Gasteiger partial charge in [0.25, 0.3) is 5.91 Å². The van der Waals surface area contributed by atoms with Gasteiger partial charge >= 0.3 is 0 Å². The number of carbonyl (C=O) groups is 1. The van der Waals surface area contributed by atoms with Gasteiger partial charge in [-0.05, 0) is 44.5 Å². The zero-order valence-electron chi connectivity index (χ0n) is 12.1. The van der Waals surface area contributed by atoms with E-state index < -0.39 is 0 Å². The van der Waals surface area contributed by atoms with E-state index in [2.05, 4.69) is 0 Å². The standard InChI is InChI=1S/C17H19NO2/c1-4-18(15-10-6-5-8-12(15)2)17(20)14-9-7-11-16(19)13(14)3/h5-11,19H,4H2,1-3H3. The van der Waals surface area contributed by atoms with Gasteiger partial charge in [-0.3, -0.25) is 4.79 Å². The molecule has 0 aliphatic heterocycles. The molecule has 0 bridgehead atoms. The minimum Gasteiger partial charge on any atom is -0.508 e. The Kier molecular flexibility index (Phi) is 4.08. The lowest BCUT2D eigenvalue weighted by molar-refractivity contribution is 0.0987. The average Bonchev–Trinajstić information content (AvgIpc) is 2.44. The van der Waals surface area contributed by atoms with E-state index in [-0.39, 0.29) is 11.7 Å². The van der Waals surface area contributed by atoms with Crippen molar-refractivity contribution in [3.05, 3.63) is 59.2 Å². The van der Waals surface area contributed by atoms with Gasteiger partial charge < -0.3 is 10.0 Å². The summed E-state index contributed by atoms with van der Waals surface area (Å²) in [6.07, 6.45) is 0. The van der Waals surface area contributed by atoms with Gasteiger partial charge in [-0.25, -0.2) is 0 Å². The summed E-state index contributed by atoms with van der Waals surface area (Å²) in [5.41, 5.74) is 3.11. The molecule has 0 radical (unpaired) electrons. The van der Waals surface area contributed by atoms with Gasteiger partial charge in [-0.1, -0.05) is 24.3 Å². The highest BCUT2D eigenvalue weighted by Gasteiger charge is 2.20. The summed E-state index contributed by atoms with van der Waals surface area (Å²) in [4.78, 5) is 14.4. The van der Waals surface area contributed by atoms with Crippen LogP contribution in [-0.4, -0.2) is 17.6 Å². The van der Waals surface area contributed by atoms with Crippen molar-refractivity contribution in [1.82, 2.24) is 0 Å². The minimum atomic E-state index is -0.0878.